The quantitative estimate of drug-likeness (QED) is 0.551. The van der Waals surface area contributed by atoms with Crippen LogP contribution in [0.25, 0.3) is 0 Å². The van der Waals surface area contributed by atoms with Gasteiger partial charge in [0.15, 0.2) is 0 Å². The van der Waals surface area contributed by atoms with Gasteiger partial charge < -0.3 is 14.8 Å². The molecule has 150 valence electrons. The summed E-state index contributed by atoms with van der Waals surface area (Å²) in [5, 5.41) is 3.42. The fraction of sp³-hybridized carbons (Fsp3) is 0.174. The molecule has 1 atom stereocenters. The molecular weight excluding hydrogens is 393 g/mol. The lowest BCUT2D eigenvalue weighted by Crippen LogP contribution is -2.26. The van der Waals surface area contributed by atoms with Crippen LogP contribution in [-0.2, 0) is 6.61 Å². The molecule has 0 heterocycles. The van der Waals surface area contributed by atoms with Gasteiger partial charge in [-0.1, -0.05) is 35.9 Å². The van der Waals surface area contributed by atoms with E-state index in [-0.39, 0.29) is 24.4 Å². The number of benzene rings is 3. The second kappa shape index (κ2) is 9.43. The molecular formula is C23H21ClFNO3. The van der Waals surface area contributed by atoms with Crippen molar-refractivity contribution in [1.82, 2.24) is 5.32 Å². The number of hydrogen-bond acceptors (Lipinski definition) is 3. The average Bonchev–Trinajstić information content (AvgIpc) is 2.73. The summed E-state index contributed by atoms with van der Waals surface area (Å²) < 4.78 is 24.3. The third-order valence-corrected chi connectivity index (χ3v) is 4.79. The lowest BCUT2D eigenvalue weighted by Gasteiger charge is -2.16. The lowest BCUT2D eigenvalue weighted by molar-refractivity contribution is 0.0939. The number of halogens is 2. The van der Waals surface area contributed by atoms with Gasteiger partial charge in [0.05, 0.1) is 18.2 Å². The van der Waals surface area contributed by atoms with Crippen LogP contribution in [0.15, 0.2) is 66.7 Å². The fourth-order valence-corrected chi connectivity index (χ4v) is 3.05. The van der Waals surface area contributed by atoms with E-state index >= 15 is 0 Å². The minimum absolute atomic E-state index is 0.196. The van der Waals surface area contributed by atoms with Crippen molar-refractivity contribution < 1.29 is 18.7 Å². The Morgan fingerprint density at radius 2 is 1.79 bits per heavy atom. The zero-order valence-electron chi connectivity index (χ0n) is 16.1. The molecule has 0 saturated heterocycles. The van der Waals surface area contributed by atoms with Crippen LogP contribution in [-0.4, -0.2) is 13.0 Å². The summed E-state index contributed by atoms with van der Waals surface area (Å²) in [7, 11) is 1.56. The summed E-state index contributed by atoms with van der Waals surface area (Å²) >= 11 is 6.13. The van der Waals surface area contributed by atoms with Gasteiger partial charge in [-0.25, -0.2) is 4.39 Å². The molecule has 0 spiro atoms. The Balaban J connectivity index is 1.73. The smallest absolute Gasteiger partial charge is 0.251 e. The molecule has 0 saturated carbocycles. The first-order chi connectivity index (χ1) is 14.0. The maximum Gasteiger partial charge on any atom is 0.251 e. The predicted molar refractivity (Wildman–Crippen MR) is 111 cm³/mol. The molecule has 0 aliphatic carbocycles. The number of nitrogens with one attached hydrogen (secondary N) is 1. The minimum Gasteiger partial charge on any atom is -0.496 e. The highest BCUT2D eigenvalue weighted by atomic mass is 35.5. The SMILES string of the molecule is COc1ccc(C(=O)N[C@H](C)c2ccc(F)cc2)cc1COc1ccccc1Cl. The van der Waals surface area contributed by atoms with Crippen LogP contribution in [0, 0.1) is 5.82 Å². The number of methoxy groups -OCH3 is 1. The van der Waals surface area contributed by atoms with E-state index in [0.717, 1.165) is 11.1 Å². The van der Waals surface area contributed by atoms with Gasteiger partial charge in [0, 0.05) is 11.1 Å². The number of ether oxygens (including phenoxy) is 2. The van der Waals surface area contributed by atoms with Crippen LogP contribution in [0.1, 0.15) is 34.5 Å². The number of rotatable bonds is 7. The second-order valence-corrected chi connectivity index (χ2v) is 6.90. The molecule has 0 unspecified atom stereocenters. The Bertz CT molecular complexity index is 992. The molecule has 3 aromatic carbocycles. The summed E-state index contributed by atoms with van der Waals surface area (Å²) in [6.07, 6.45) is 0. The Labute approximate surface area is 174 Å². The summed E-state index contributed by atoms with van der Waals surface area (Å²) in [5.74, 6) is 0.602. The molecule has 3 aromatic rings. The molecule has 6 heteroatoms. The van der Waals surface area contributed by atoms with Crippen LogP contribution in [0.4, 0.5) is 4.39 Å². The van der Waals surface area contributed by atoms with Gasteiger partial charge in [-0.05, 0) is 55.0 Å². The minimum atomic E-state index is -0.314. The zero-order valence-corrected chi connectivity index (χ0v) is 16.9. The maximum atomic E-state index is 13.1. The van der Waals surface area contributed by atoms with Crippen molar-refractivity contribution in [3.05, 3.63) is 94.3 Å². The van der Waals surface area contributed by atoms with Crippen molar-refractivity contribution in [2.45, 2.75) is 19.6 Å². The molecule has 4 nitrogen and oxygen atoms in total. The van der Waals surface area contributed by atoms with E-state index in [1.165, 1.54) is 12.1 Å². The molecule has 0 aliphatic heterocycles. The maximum absolute atomic E-state index is 13.1. The molecule has 29 heavy (non-hydrogen) atoms. The van der Waals surface area contributed by atoms with Gasteiger partial charge in [-0.15, -0.1) is 0 Å². The first kappa shape index (κ1) is 20.7. The normalized spacial score (nSPS) is 11.6. The lowest BCUT2D eigenvalue weighted by atomic mass is 10.1. The third-order valence-electron chi connectivity index (χ3n) is 4.48. The van der Waals surface area contributed by atoms with Crippen LogP contribution < -0.4 is 14.8 Å². The zero-order chi connectivity index (χ0) is 20.8. The van der Waals surface area contributed by atoms with Crippen molar-refractivity contribution >= 4 is 17.5 Å². The van der Waals surface area contributed by atoms with Gasteiger partial charge in [-0.2, -0.15) is 0 Å². The van der Waals surface area contributed by atoms with Crippen molar-refractivity contribution in [3.8, 4) is 11.5 Å². The topological polar surface area (TPSA) is 47.6 Å². The fourth-order valence-electron chi connectivity index (χ4n) is 2.86. The number of carbonyl (C=O) groups excluding carboxylic acids is 1. The number of para-hydroxylation sites is 1. The monoisotopic (exact) mass is 413 g/mol. The van der Waals surface area contributed by atoms with E-state index in [1.54, 1.807) is 49.6 Å². The molecule has 0 bridgehead atoms. The van der Waals surface area contributed by atoms with E-state index in [2.05, 4.69) is 5.32 Å². The third kappa shape index (κ3) is 5.27. The summed E-state index contributed by atoms with van der Waals surface area (Å²) in [5.41, 5.74) is 2.00. The van der Waals surface area contributed by atoms with Crippen LogP contribution in [0.3, 0.4) is 0 Å². The number of hydrogen-bond donors (Lipinski definition) is 1. The number of carbonyl (C=O) groups is 1. The summed E-state index contributed by atoms with van der Waals surface area (Å²) in [6.45, 7) is 2.04. The van der Waals surface area contributed by atoms with Gasteiger partial charge >= 0.3 is 0 Å². The van der Waals surface area contributed by atoms with Gasteiger partial charge in [-0.3, -0.25) is 4.79 Å². The van der Waals surface area contributed by atoms with Crippen molar-refractivity contribution in [1.29, 1.82) is 0 Å². The van der Waals surface area contributed by atoms with Crippen LogP contribution in [0.2, 0.25) is 5.02 Å². The highest BCUT2D eigenvalue weighted by Crippen LogP contribution is 2.27. The molecule has 1 N–H and O–H groups in total. The molecule has 3 rings (SSSR count). The molecule has 0 aromatic heterocycles. The van der Waals surface area contributed by atoms with Crippen LogP contribution >= 0.6 is 11.6 Å². The molecule has 0 aliphatic rings. The van der Waals surface area contributed by atoms with E-state index in [9.17, 15) is 9.18 Å². The van der Waals surface area contributed by atoms with Gasteiger partial charge in [0.1, 0.15) is 23.9 Å². The summed E-state index contributed by atoms with van der Waals surface area (Å²) in [4.78, 5) is 12.7. The van der Waals surface area contributed by atoms with E-state index in [4.69, 9.17) is 21.1 Å². The Morgan fingerprint density at radius 3 is 2.48 bits per heavy atom. The highest BCUT2D eigenvalue weighted by molar-refractivity contribution is 6.32. The van der Waals surface area contributed by atoms with Crippen LogP contribution in [0.5, 0.6) is 11.5 Å². The van der Waals surface area contributed by atoms with Crippen molar-refractivity contribution in [2.24, 2.45) is 0 Å². The first-order valence-corrected chi connectivity index (χ1v) is 9.46. The highest BCUT2D eigenvalue weighted by Gasteiger charge is 2.14. The summed E-state index contributed by atoms with van der Waals surface area (Å²) in [6, 6.07) is 18.1. The second-order valence-electron chi connectivity index (χ2n) is 6.49. The Hall–Kier alpha value is -3.05. The Kier molecular flexibility index (Phi) is 6.73. The van der Waals surface area contributed by atoms with E-state index < -0.39 is 0 Å². The average molecular weight is 414 g/mol. The molecule has 0 fully saturated rings. The standard InChI is InChI=1S/C23H21ClFNO3/c1-15(16-7-10-19(25)11-8-16)26-23(27)17-9-12-21(28-2)18(13-17)14-29-22-6-4-3-5-20(22)24/h3-13,15H,14H2,1-2H3,(H,26,27)/t15-/m1/s1. The number of amides is 1. The Morgan fingerprint density at radius 1 is 1.07 bits per heavy atom. The molecule has 1 amide bonds. The van der Waals surface area contributed by atoms with Crippen molar-refractivity contribution in [2.75, 3.05) is 7.11 Å². The largest absolute Gasteiger partial charge is 0.496 e. The predicted octanol–water partition coefficient (Wildman–Crippen LogP) is 5.56. The van der Waals surface area contributed by atoms with Gasteiger partial charge in [0.2, 0.25) is 0 Å². The van der Waals surface area contributed by atoms with E-state index in [1.807, 2.05) is 19.1 Å². The molecule has 0 radical (unpaired) electrons. The van der Waals surface area contributed by atoms with Gasteiger partial charge in [0.25, 0.3) is 5.91 Å². The first-order valence-electron chi connectivity index (χ1n) is 9.08. The van der Waals surface area contributed by atoms with Crippen molar-refractivity contribution in [3.63, 3.8) is 0 Å². The van der Waals surface area contributed by atoms with E-state index in [0.29, 0.717) is 22.1 Å².